The van der Waals surface area contributed by atoms with E-state index in [-0.39, 0.29) is 6.61 Å². The van der Waals surface area contributed by atoms with Crippen molar-refractivity contribution in [2.45, 2.75) is 39.7 Å². The van der Waals surface area contributed by atoms with Gasteiger partial charge in [0.15, 0.2) is 5.96 Å². The summed E-state index contributed by atoms with van der Waals surface area (Å²) in [4.78, 5) is 8.71. The molecule has 2 N–H and O–H groups in total. The largest absolute Gasteiger partial charge is 0.478 e. The molecule has 0 aliphatic heterocycles. The number of rotatable bonds is 10. The number of alkyl halides is 3. The van der Waals surface area contributed by atoms with Gasteiger partial charge in [-0.2, -0.15) is 13.2 Å². The fraction of sp³-hybridized carbons (Fsp3) is 0.429. The maximum absolute atomic E-state index is 12.1. The fourth-order valence-electron chi connectivity index (χ4n) is 2.51. The average Bonchev–Trinajstić information content (AvgIpc) is 2.71. The Morgan fingerprint density at radius 2 is 1.77 bits per heavy atom. The molecule has 1 heterocycles. The van der Waals surface area contributed by atoms with Crippen LogP contribution in [0.4, 0.5) is 13.2 Å². The molecule has 1 aromatic heterocycles. The van der Waals surface area contributed by atoms with Gasteiger partial charge < -0.3 is 20.1 Å². The van der Waals surface area contributed by atoms with Crippen LogP contribution >= 0.6 is 0 Å². The molecule has 2 aromatic rings. The van der Waals surface area contributed by atoms with Crippen molar-refractivity contribution in [2.24, 2.45) is 4.99 Å². The first-order valence-electron chi connectivity index (χ1n) is 9.71. The normalized spacial score (nSPS) is 12.0. The molecule has 0 atom stereocenters. The molecule has 0 radical (unpaired) electrons. The lowest BCUT2D eigenvalue weighted by Crippen LogP contribution is -2.36. The van der Waals surface area contributed by atoms with E-state index in [0.717, 1.165) is 11.1 Å². The van der Waals surface area contributed by atoms with Crippen LogP contribution in [0.5, 0.6) is 5.88 Å². The number of aromatic nitrogens is 1. The van der Waals surface area contributed by atoms with Crippen LogP contribution < -0.4 is 15.4 Å². The summed E-state index contributed by atoms with van der Waals surface area (Å²) >= 11 is 0. The Bertz CT molecular complexity index is 796. The minimum Gasteiger partial charge on any atom is -0.478 e. The molecule has 2 rings (SSSR count). The third-order valence-corrected chi connectivity index (χ3v) is 3.87. The van der Waals surface area contributed by atoms with Gasteiger partial charge in [-0.05, 0) is 36.6 Å². The Labute approximate surface area is 174 Å². The van der Waals surface area contributed by atoms with Gasteiger partial charge in [0, 0.05) is 25.4 Å². The van der Waals surface area contributed by atoms with Gasteiger partial charge >= 0.3 is 6.18 Å². The molecule has 9 heteroatoms. The van der Waals surface area contributed by atoms with Crippen molar-refractivity contribution in [2.75, 3.05) is 19.8 Å². The van der Waals surface area contributed by atoms with Crippen LogP contribution in [0.25, 0.3) is 0 Å². The number of nitrogens with zero attached hydrogens (tertiary/aromatic N) is 2. The van der Waals surface area contributed by atoms with Gasteiger partial charge in [0.05, 0.1) is 19.8 Å². The van der Waals surface area contributed by atoms with Crippen LogP contribution in [0.15, 0.2) is 47.6 Å². The number of hydrogen-bond acceptors (Lipinski definition) is 4. The second-order valence-electron chi connectivity index (χ2n) is 6.41. The molecule has 0 saturated carbocycles. The van der Waals surface area contributed by atoms with E-state index in [0.29, 0.717) is 43.6 Å². The molecule has 0 fully saturated rings. The molecule has 6 nitrogen and oxygen atoms in total. The van der Waals surface area contributed by atoms with Crippen molar-refractivity contribution >= 4 is 5.96 Å². The van der Waals surface area contributed by atoms with E-state index in [1.54, 1.807) is 18.3 Å². The summed E-state index contributed by atoms with van der Waals surface area (Å²) in [5.74, 6) is 1.23. The monoisotopic (exact) mass is 424 g/mol. The summed E-state index contributed by atoms with van der Waals surface area (Å²) < 4.78 is 46.5. The Kier molecular flexibility index (Phi) is 9.40. The smallest absolute Gasteiger partial charge is 0.411 e. The van der Waals surface area contributed by atoms with E-state index < -0.39 is 12.8 Å². The van der Waals surface area contributed by atoms with Gasteiger partial charge in [-0.15, -0.1) is 0 Å². The quantitative estimate of drug-likeness (QED) is 0.448. The predicted octanol–water partition coefficient (Wildman–Crippen LogP) is 3.81. The summed E-state index contributed by atoms with van der Waals surface area (Å²) in [6.45, 7) is 4.81. The number of benzene rings is 1. The van der Waals surface area contributed by atoms with E-state index in [9.17, 15) is 13.2 Å². The van der Waals surface area contributed by atoms with Gasteiger partial charge in [-0.25, -0.2) is 9.98 Å². The van der Waals surface area contributed by atoms with Crippen LogP contribution in [0, 0.1) is 0 Å². The molecule has 0 spiro atoms. The Hall–Kier alpha value is -2.81. The first-order chi connectivity index (χ1) is 14.4. The zero-order valence-electron chi connectivity index (χ0n) is 17.1. The van der Waals surface area contributed by atoms with E-state index >= 15 is 0 Å². The number of hydrogen-bond donors (Lipinski definition) is 2. The van der Waals surface area contributed by atoms with Crippen molar-refractivity contribution in [1.82, 2.24) is 15.6 Å². The highest BCUT2D eigenvalue weighted by Gasteiger charge is 2.27. The third kappa shape index (κ3) is 9.13. The standard InChI is InChI=1S/C21H27F3N4O2/c1-3-25-20(28-13-18-9-10-26-19(11-18)30-4-2)27-12-16-5-7-17(8-6-16)14-29-15-21(22,23)24/h5-11H,3-4,12-15H2,1-2H3,(H2,25,27,28). The summed E-state index contributed by atoms with van der Waals surface area (Å²) in [7, 11) is 0. The Morgan fingerprint density at radius 3 is 2.43 bits per heavy atom. The summed E-state index contributed by atoms with van der Waals surface area (Å²) in [5.41, 5.74) is 2.64. The fourth-order valence-corrected chi connectivity index (χ4v) is 2.51. The van der Waals surface area contributed by atoms with Crippen molar-refractivity contribution in [3.8, 4) is 5.88 Å². The number of ether oxygens (including phenoxy) is 2. The first kappa shape index (κ1) is 23.5. The molecule has 0 saturated heterocycles. The zero-order valence-corrected chi connectivity index (χ0v) is 17.1. The average molecular weight is 424 g/mol. The van der Waals surface area contributed by atoms with Gasteiger partial charge in [-0.1, -0.05) is 24.3 Å². The lowest BCUT2D eigenvalue weighted by atomic mass is 10.1. The minimum absolute atomic E-state index is 0.0764. The molecule has 164 valence electrons. The molecular formula is C21H27F3N4O2. The predicted molar refractivity (Wildman–Crippen MR) is 109 cm³/mol. The highest BCUT2D eigenvalue weighted by Crippen LogP contribution is 2.16. The SMILES string of the molecule is CCNC(=NCc1ccnc(OCC)c1)NCc1ccc(COCC(F)(F)F)cc1. The third-order valence-electron chi connectivity index (χ3n) is 3.87. The van der Waals surface area contributed by atoms with Gasteiger partial charge in [0.2, 0.25) is 5.88 Å². The summed E-state index contributed by atoms with van der Waals surface area (Å²) in [6, 6.07) is 10.9. The van der Waals surface area contributed by atoms with Gasteiger partial charge in [0.25, 0.3) is 0 Å². The zero-order chi connectivity index (χ0) is 21.8. The topological polar surface area (TPSA) is 67.8 Å². The molecule has 0 unspecified atom stereocenters. The summed E-state index contributed by atoms with van der Waals surface area (Å²) in [5, 5.41) is 6.42. The number of halogens is 3. The lowest BCUT2D eigenvalue weighted by molar-refractivity contribution is -0.176. The minimum atomic E-state index is -4.31. The summed E-state index contributed by atoms with van der Waals surface area (Å²) in [6.07, 6.45) is -2.62. The first-order valence-corrected chi connectivity index (χ1v) is 9.71. The second-order valence-corrected chi connectivity index (χ2v) is 6.41. The maximum atomic E-state index is 12.1. The molecule has 0 aliphatic rings. The molecule has 1 aromatic carbocycles. The van der Waals surface area contributed by atoms with Gasteiger partial charge in [0.1, 0.15) is 6.61 Å². The molecule has 0 aliphatic carbocycles. The van der Waals surface area contributed by atoms with Gasteiger partial charge in [-0.3, -0.25) is 0 Å². The van der Waals surface area contributed by atoms with Crippen molar-refractivity contribution in [3.63, 3.8) is 0 Å². The molecule has 30 heavy (non-hydrogen) atoms. The van der Waals surface area contributed by atoms with Crippen LogP contribution in [0.3, 0.4) is 0 Å². The number of nitrogens with one attached hydrogen (secondary N) is 2. The van der Waals surface area contributed by atoms with Crippen molar-refractivity contribution in [3.05, 3.63) is 59.3 Å². The van der Waals surface area contributed by atoms with Crippen LogP contribution in [0.1, 0.15) is 30.5 Å². The lowest BCUT2D eigenvalue weighted by Gasteiger charge is -2.12. The highest BCUT2D eigenvalue weighted by atomic mass is 19.4. The van der Waals surface area contributed by atoms with Crippen LogP contribution in [-0.2, 0) is 24.4 Å². The number of pyridine rings is 1. The Balaban J connectivity index is 1.87. The second kappa shape index (κ2) is 12.0. The number of aliphatic imine (C=N–C) groups is 1. The van der Waals surface area contributed by atoms with E-state index in [1.807, 2.05) is 38.1 Å². The molecule has 0 bridgehead atoms. The van der Waals surface area contributed by atoms with E-state index in [2.05, 4.69) is 25.3 Å². The van der Waals surface area contributed by atoms with E-state index in [1.165, 1.54) is 0 Å². The highest BCUT2D eigenvalue weighted by molar-refractivity contribution is 5.79. The maximum Gasteiger partial charge on any atom is 0.411 e. The Morgan fingerprint density at radius 1 is 1.03 bits per heavy atom. The van der Waals surface area contributed by atoms with Crippen LogP contribution in [-0.4, -0.2) is 36.9 Å². The molecule has 0 amide bonds. The van der Waals surface area contributed by atoms with E-state index in [4.69, 9.17) is 4.74 Å². The van der Waals surface area contributed by atoms with Crippen LogP contribution in [0.2, 0.25) is 0 Å². The van der Waals surface area contributed by atoms with Crippen molar-refractivity contribution in [1.29, 1.82) is 0 Å². The van der Waals surface area contributed by atoms with Crippen molar-refractivity contribution < 1.29 is 22.6 Å². The molecular weight excluding hydrogens is 397 g/mol. The number of guanidine groups is 1.